The molecule has 0 saturated carbocycles. The minimum Gasteiger partial charge on any atom is -0.478 e. The normalized spacial score (nSPS) is 11.2. The molecule has 0 aliphatic rings. The Morgan fingerprint density at radius 1 is 1.56 bits per heavy atom. The summed E-state index contributed by atoms with van der Waals surface area (Å²) < 4.78 is 26.6. The van der Waals surface area contributed by atoms with Crippen LogP contribution >= 0.6 is 15.9 Å². The minimum absolute atomic E-state index is 0.0742. The minimum atomic E-state index is -2.70. The number of hydrogen-bond acceptors (Lipinski definition) is 2. The summed E-state index contributed by atoms with van der Waals surface area (Å²) in [4.78, 5) is 10.8. The number of pyridine rings is 1. The van der Waals surface area contributed by atoms with Crippen molar-refractivity contribution < 1.29 is 18.7 Å². The number of carboxylic acids is 1. The van der Waals surface area contributed by atoms with Crippen molar-refractivity contribution in [2.75, 3.05) is 0 Å². The van der Waals surface area contributed by atoms with Crippen LogP contribution in [0.25, 0.3) is 5.52 Å². The highest BCUT2D eigenvalue weighted by molar-refractivity contribution is 9.10. The highest BCUT2D eigenvalue weighted by atomic mass is 79.9. The van der Waals surface area contributed by atoms with Crippen molar-refractivity contribution >= 4 is 27.4 Å². The molecule has 84 valence electrons. The molecule has 0 bridgehead atoms. The van der Waals surface area contributed by atoms with Gasteiger partial charge in [0, 0.05) is 6.20 Å². The molecule has 0 saturated heterocycles. The van der Waals surface area contributed by atoms with Gasteiger partial charge in [0.15, 0.2) is 0 Å². The molecule has 4 nitrogen and oxygen atoms in total. The van der Waals surface area contributed by atoms with E-state index < -0.39 is 12.4 Å². The summed E-state index contributed by atoms with van der Waals surface area (Å²) in [7, 11) is 0. The molecule has 0 aromatic carbocycles. The number of fused-ring (bicyclic) bond motifs is 1. The molecule has 2 rings (SSSR count). The lowest BCUT2D eigenvalue weighted by atomic mass is 10.2. The zero-order valence-electron chi connectivity index (χ0n) is 7.69. The van der Waals surface area contributed by atoms with E-state index in [1.165, 1.54) is 16.8 Å². The zero-order chi connectivity index (χ0) is 11.9. The van der Waals surface area contributed by atoms with E-state index in [1.54, 1.807) is 0 Å². The van der Waals surface area contributed by atoms with Crippen LogP contribution in [0, 0.1) is 0 Å². The molecule has 2 aromatic heterocycles. The molecule has 0 fully saturated rings. The third-order valence-electron chi connectivity index (χ3n) is 2.12. The summed E-state index contributed by atoms with van der Waals surface area (Å²) in [6.07, 6.45) is -0.343. The lowest BCUT2D eigenvalue weighted by molar-refractivity contribution is 0.0695. The molecule has 0 aliphatic heterocycles. The van der Waals surface area contributed by atoms with Crippen LogP contribution in [0.15, 0.2) is 22.9 Å². The fourth-order valence-corrected chi connectivity index (χ4v) is 2.10. The summed E-state index contributed by atoms with van der Waals surface area (Å²) >= 11 is 3.01. The summed E-state index contributed by atoms with van der Waals surface area (Å²) in [6, 6.07) is 1.29. The molecule has 0 unspecified atom stereocenters. The highest BCUT2D eigenvalue weighted by Gasteiger charge is 2.20. The summed E-state index contributed by atoms with van der Waals surface area (Å²) in [5.74, 6) is -1.18. The van der Waals surface area contributed by atoms with Gasteiger partial charge < -0.3 is 5.11 Å². The van der Waals surface area contributed by atoms with E-state index in [9.17, 15) is 13.6 Å². The standard InChI is InChI=1S/C9H5BrF2N2O2/c10-6-4(9(15)16)1-2-14-7(6)5(3-13-14)8(11)12/h1-3,8H,(H,15,16). The maximum Gasteiger partial charge on any atom is 0.336 e. The first-order valence-corrected chi connectivity index (χ1v) is 4.99. The number of halogens is 3. The molecule has 0 aliphatic carbocycles. The Morgan fingerprint density at radius 3 is 2.81 bits per heavy atom. The number of alkyl halides is 2. The average Bonchev–Trinajstić information content (AvgIpc) is 2.61. The predicted molar refractivity (Wildman–Crippen MR) is 54.8 cm³/mol. The molecule has 0 atom stereocenters. The fourth-order valence-electron chi connectivity index (χ4n) is 1.39. The largest absolute Gasteiger partial charge is 0.478 e. The van der Waals surface area contributed by atoms with E-state index in [2.05, 4.69) is 21.0 Å². The van der Waals surface area contributed by atoms with Gasteiger partial charge in [-0.2, -0.15) is 5.10 Å². The van der Waals surface area contributed by atoms with Crippen molar-refractivity contribution in [2.24, 2.45) is 0 Å². The summed E-state index contributed by atoms with van der Waals surface area (Å²) in [5.41, 5.74) is -0.292. The van der Waals surface area contributed by atoms with Crippen molar-refractivity contribution in [1.29, 1.82) is 0 Å². The van der Waals surface area contributed by atoms with E-state index in [-0.39, 0.29) is 21.1 Å². The van der Waals surface area contributed by atoms with Crippen LogP contribution in [0.5, 0.6) is 0 Å². The van der Waals surface area contributed by atoms with Crippen molar-refractivity contribution in [3.63, 3.8) is 0 Å². The number of rotatable bonds is 2. The molecule has 0 spiro atoms. The van der Waals surface area contributed by atoms with Crippen LogP contribution in [0.1, 0.15) is 22.3 Å². The maximum absolute atomic E-state index is 12.6. The number of hydrogen-bond donors (Lipinski definition) is 1. The van der Waals surface area contributed by atoms with Crippen LogP contribution in [0.3, 0.4) is 0 Å². The molecular weight excluding hydrogens is 286 g/mol. The molecular formula is C9H5BrF2N2O2. The van der Waals surface area contributed by atoms with Gasteiger partial charge in [-0.3, -0.25) is 0 Å². The average molecular weight is 291 g/mol. The van der Waals surface area contributed by atoms with Gasteiger partial charge in [-0.25, -0.2) is 18.1 Å². The molecule has 7 heteroatoms. The van der Waals surface area contributed by atoms with Crippen LogP contribution in [0.4, 0.5) is 8.78 Å². The van der Waals surface area contributed by atoms with Crippen molar-refractivity contribution in [3.05, 3.63) is 34.1 Å². The van der Waals surface area contributed by atoms with Gasteiger partial charge in [-0.1, -0.05) is 0 Å². The zero-order valence-corrected chi connectivity index (χ0v) is 9.28. The second-order valence-electron chi connectivity index (χ2n) is 3.04. The quantitative estimate of drug-likeness (QED) is 0.925. The molecule has 2 aromatic rings. The van der Waals surface area contributed by atoms with Gasteiger partial charge in [0.05, 0.1) is 27.3 Å². The van der Waals surface area contributed by atoms with Crippen molar-refractivity contribution in [1.82, 2.24) is 9.61 Å². The topological polar surface area (TPSA) is 54.6 Å². The van der Waals surface area contributed by atoms with Gasteiger partial charge in [0.2, 0.25) is 0 Å². The Bertz CT molecular complexity index is 568. The Morgan fingerprint density at radius 2 is 2.25 bits per heavy atom. The van der Waals surface area contributed by atoms with E-state index in [0.717, 1.165) is 6.20 Å². The van der Waals surface area contributed by atoms with Gasteiger partial charge in [-0.15, -0.1) is 0 Å². The number of aromatic carboxylic acids is 1. The maximum atomic E-state index is 12.6. The van der Waals surface area contributed by atoms with Gasteiger partial charge in [-0.05, 0) is 22.0 Å². The first kappa shape index (κ1) is 11.0. The van der Waals surface area contributed by atoms with E-state index in [0.29, 0.717) is 0 Å². The van der Waals surface area contributed by atoms with Gasteiger partial charge >= 0.3 is 5.97 Å². The smallest absolute Gasteiger partial charge is 0.336 e. The van der Waals surface area contributed by atoms with Crippen molar-refractivity contribution in [2.45, 2.75) is 6.43 Å². The van der Waals surface area contributed by atoms with Gasteiger partial charge in [0.25, 0.3) is 6.43 Å². The molecule has 2 heterocycles. The van der Waals surface area contributed by atoms with Gasteiger partial charge in [0.1, 0.15) is 0 Å². The first-order chi connectivity index (χ1) is 7.52. The monoisotopic (exact) mass is 290 g/mol. The third-order valence-corrected chi connectivity index (χ3v) is 2.92. The number of carbonyl (C=O) groups is 1. The molecule has 1 N–H and O–H groups in total. The number of carboxylic acid groups (broad SMARTS) is 1. The molecule has 0 amide bonds. The fraction of sp³-hybridized carbons (Fsp3) is 0.111. The summed E-state index contributed by atoms with van der Waals surface area (Å²) in [5, 5.41) is 12.6. The number of aromatic nitrogens is 2. The lowest BCUT2D eigenvalue weighted by Crippen LogP contribution is -2.01. The van der Waals surface area contributed by atoms with Crippen LogP contribution in [-0.2, 0) is 0 Å². The molecule has 0 radical (unpaired) electrons. The van der Waals surface area contributed by atoms with E-state index in [4.69, 9.17) is 5.11 Å². The molecule has 16 heavy (non-hydrogen) atoms. The Hall–Kier alpha value is -1.50. The Balaban J connectivity index is 2.80. The lowest BCUT2D eigenvalue weighted by Gasteiger charge is -2.03. The third kappa shape index (κ3) is 1.57. The highest BCUT2D eigenvalue weighted by Crippen LogP contribution is 2.31. The predicted octanol–water partition coefficient (Wildman–Crippen LogP) is 2.73. The Labute approximate surface area is 96.6 Å². The second kappa shape index (κ2) is 3.82. The summed E-state index contributed by atoms with van der Waals surface area (Å²) in [6.45, 7) is 0. The van der Waals surface area contributed by atoms with Crippen molar-refractivity contribution in [3.8, 4) is 0 Å². The van der Waals surface area contributed by atoms with Crippen LogP contribution < -0.4 is 0 Å². The first-order valence-electron chi connectivity index (χ1n) is 4.19. The second-order valence-corrected chi connectivity index (χ2v) is 3.84. The Kier molecular flexibility index (Phi) is 2.63. The van der Waals surface area contributed by atoms with Crippen LogP contribution in [-0.4, -0.2) is 20.7 Å². The van der Waals surface area contributed by atoms with E-state index in [1.807, 2.05) is 0 Å². The van der Waals surface area contributed by atoms with Crippen LogP contribution in [0.2, 0.25) is 0 Å². The SMILES string of the molecule is O=C(O)c1ccn2ncc(C(F)F)c2c1Br. The number of nitrogens with zero attached hydrogens (tertiary/aromatic N) is 2. The van der Waals surface area contributed by atoms with E-state index >= 15 is 0 Å².